The van der Waals surface area contributed by atoms with Gasteiger partial charge in [0.05, 0.1) is 5.92 Å². The monoisotopic (exact) mass is 330 g/mol. The lowest BCUT2D eigenvalue weighted by Crippen LogP contribution is -2.03. The SMILES string of the molecule is CC1(C)C(C(=O)O)C1c1ccc(SCc2ccccc2)c(F)c1. The van der Waals surface area contributed by atoms with Crippen molar-refractivity contribution in [2.24, 2.45) is 11.3 Å². The number of benzene rings is 2. The van der Waals surface area contributed by atoms with Gasteiger partial charge in [0.1, 0.15) is 5.82 Å². The van der Waals surface area contributed by atoms with E-state index in [0.29, 0.717) is 10.6 Å². The lowest BCUT2D eigenvalue weighted by molar-refractivity contribution is -0.139. The second kappa shape index (κ2) is 6.00. The highest BCUT2D eigenvalue weighted by Crippen LogP contribution is 2.64. The van der Waals surface area contributed by atoms with E-state index in [1.807, 2.05) is 50.2 Å². The average Bonchev–Trinajstić information content (AvgIpc) is 3.10. The lowest BCUT2D eigenvalue weighted by atomic mass is 10.0. The zero-order valence-electron chi connectivity index (χ0n) is 13.1. The van der Waals surface area contributed by atoms with Crippen LogP contribution in [-0.4, -0.2) is 11.1 Å². The molecular weight excluding hydrogens is 311 g/mol. The van der Waals surface area contributed by atoms with Crippen molar-refractivity contribution in [3.05, 3.63) is 65.5 Å². The first-order valence-electron chi connectivity index (χ1n) is 7.60. The van der Waals surface area contributed by atoms with Gasteiger partial charge in [-0.1, -0.05) is 50.2 Å². The third-order valence-electron chi connectivity index (χ3n) is 4.65. The minimum absolute atomic E-state index is 0.109. The Kier molecular flexibility index (Phi) is 4.19. The molecule has 0 aromatic heterocycles. The molecule has 2 atom stereocenters. The molecule has 0 amide bonds. The van der Waals surface area contributed by atoms with Crippen molar-refractivity contribution in [2.75, 3.05) is 0 Å². The topological polar surface area (TPSA) is 37.3 Å². The summed E-state index contributed by atoms with van der Waals surface area (Å²) < 4.78 is 14.4. The molecule has 0 radical (unpaired) electrons. The first-order chi connectivity index (χ1) is 10.9. The summed E-state index contributed by atoms with van der Waals surface area (Å²) in [6.07, 6.45) is 0. The first kappa shape index (κ1) is 16.1. The van der Waals surface area contributed by atoms with E-state index in [-0.39, 0.29) is 17.2 Å². The molecule has 3 rings (SSSR count). The van der Waals surface area contributed by atoms with Crippen molar-refractivity contribution < 1.29 is 14.3 Å². The van der Waals surface area contributed by atoms with Gasteiger partial charge < -0.3 is 5.11 Å². The Labute approximate surface area is 139 Å². The van der Waals surface area contributed by atoms with E-state index in [0.717, 1.165) is 11.1 Å². The number of hydrogen-bond acceptors (Lipinski definition) is 2. The van der Waals surface area contributed by atoms with Crippen molar-refractivity contribution in [1.82, 2.24) is 0 Å². The number of hydrogen-bond donors (Lipinski definition) is 1. The highest BCUT2D eigenvalue weighted by atomic mass is 32.2. The van der Waals surface area contributed by atoms with E-state index >= 15 is 0 Å². The fraction of sp³-hybridized carbons (Fsp3) is 0.316. The molecule has 1 aliphatic rings. The van der Waals surface area contributed by atoms with E-state index in [9.17, 15) is 14.3 Å². The van der Waals surface area contributed by atoms with E-state index in [1.54, 1.807) is 6.07 Å². The maximum Gasteiger partial charge on any atom is 0.307 e. The number of carboxylic acid groups (broad SMARTS) is 1. The van der Waals surface area contributed by atoms with Crippen LogP contribution in [0.3, 0.4) is 0 Å². The highest BCUT2D eigenvalue weighted by molar-refractivity contribution is 7.98. The number of thioether (sulfide) groups is 1. The molecule has 1 N–H and O–H groups in total. The second-order valence-corrected chi connectivity index (χ2v) is 7.60. The summed E-state index contributed by atoms with van der Waals surface area (Å²) in [5, 5.41) is 9.26. The molecule has 2 aromatic rings. The Balaban J connectivity index is 1.73. The summed E-state index contributed by atoms with van der Waals surface area (Å²) in [6.45, 7) is 3.85. The number of halogens is 1. The van der Waals surface area contributed by atoms with Crippen LogP contribution < -0.4 is 0 Å². The van der Waals surface area contributed by atoms with Crippen LogP contribution in [-0.2, 0) is 10.5 Å². The fourth-order valence-corrected chi connectivity index (χ4v) is 4.16. The van der Waals surface area contributed by atoms with Gasteiger partial charge in [0.15, 0.2) is 0 Å². The van der Waals surface area contributed by atoms with Gasteiger partial charge in [-0.2, -0.15) is 0 Å². The van der Waals surface area contributed by atoms with Gasteiger partial charge in [-0.05, 0) is 28.7 Å². The summed E-state index contributed by atoms with van der Waals surface area (Å²) >= 11 is 1.46. The summed E-state index contributed by atoms with van der Waals surface area (Å²) in [7, 11) is 0. The largest absolute Gasteiger partial charge is 0.481 e. The molecule has 120 valence electrons. The van der Waals surface area contributed by atoms with Crippen LogP contribution >= 0.6 is 11.8 Å². The Morgan fingerprint density at radius 2 is 1.91 bits per heavy atom. The molecule has 2 aromatic carbocycles. The smallest absolute Gasteiger partial charge is 0.307 e. The molecule has 0 aliphatic heterocycles. The van der Waals surface area contributed by atoms with Crippen LogP contribution in [0.4, 0.5) is 4.39 Å². The van der Waals surface area contributed by atoms with Crippen LogP contribution in [0.15, 0.2) is 53.4 Å². The molecule has 0 bridgehead atoms. The standard InChI is InChI=1S/C19H19FO2S/c1-19(2)16(17(19)18(21)22)13-8-9-15(14(20)10-13)23-11-12-6-4-3-5-7-12/h3-10,16-17H,11H2,1-2H3,(H,21,22). The van der Waals surface area contributed by atoms with Gasteiger partial charge in [-0.15, -0.1) is 11.8 Å². The molecule has 1 aliphatic carbocycles. The number of carboxylic acids is 1. The van der Waals surface area contributed by atoms with Gasteiger partial charge in [0, 0.05) is 16.6 Å². The predicted octanol–water partition coefficient (Wildman–Crippen LogP) is 4.94. The third-order valence-corrected chi connectivity index (χ3v) is 5.77. The summed E-state index contributed by atoms with van der Waals surface area (Å²) in [5.41, 5.74) is 1.62. The van der Waals surface area contributed by atoms with Gasteiger partial charge in [0.2, 0.25) is 0 Å². The van der Waals surface area contributed by atoms with Crippen LogP contribution in [0.25, 0.3) is 0 Å². The minimum atomic E-state index is -0.803. The average molecular weight is 330 g/mol. The lowest BCUT2D eigenvalue weighted by Gasteiger charge is -2.07. The van der Waals surface area contributed by atoms with Crippen molar-refractivity contribution in [3.63, 3.8) is 0 Å². The van der Waals surface area contributed by atoms with E-state index in [4.69, 9.17) is 0 Å². The molecule has 1 saturated carbocycles. The minimum Gasteiger partial charge on any atom is -0.481 e. The predicted molar refractivity (Wildman–Crippen MR) is 90.1 cm³/mol. The second-order valence-electron chi connectivity index (χ2n) is 6.58. The maximum absolute atomic E-state index is 14.4. The molecule has 0 spiro atoms. The quantitative estimate of drug-likeness (QED) is 0.789. The first-order valence-corrected chi connectivity index (χ1v) is 8.59. The van der Waals surface area contributed by atoms with E-state index in [2.05, 4.69) is 0 Å². The van der Waals surface area contributed by atoms with Crippen LogP contribution in [0.2, 0.25) is 0 Å². The van der Waals surface area contributed by atoms with Gasteiger partial charge in [-0.3, -0.25) is 4.79 Å². The highest BCUT2D eigenvalue weighted by Gasteiger charge is 2.62. The Hall–Kier alpha value is -1.81. The maximum atomic E-state index is 14.4. The molecule has 1 fully saturated rings. The molecule has 2 unspecified atom stereocenters. The zero-order chi connectivity index (χ0) is 16.6. The van der Waals surface area contributed by atoms with Crippen molar-refractivity contribution >= 4 is 17.7 Å². The van der Waals surface area contributed by atoms with Crippen molar-refractivity contribution in [1.29, 1.82) is 0 Å². The van der Waals surface area contributed by atoms with Crippen LogP contribution in [0.1, 0.15) is 30.9 Å². The van der Waals surface area contributed by atoms with Gasteiger partial charge in [0.25, 0.3) is 0 Å². The number of rotatable bonds is 5. The van der Waals surface area contributed by atoms with E-state index in [1.165, 1.54) is 17.8 Å². The normalized spacial score (nSPS) is 21.9. The molecule has 4 heteroatoms. The fourth-order valence-electron chi connectivity index (χ4n) is 3.28. The summed E-state index contributed by atoms with van der Waals surface area (Å²) in [4.78, 5) is 11.9. The molecule has 0 saturated heterocycles. The molecule has 23 heavy (non-hydrogen) atoms. The number of aliphatic carboxylic acids is 1. The molecular formula is C19H19FO2S. The summed E-state index contributed by atoms with van der Waals surface area (Å²) in [6, 6.07) is 15.1. The van der Waals surface area contributed by atoms with Gasteiger partial charge in [-0.25, -0.2) is 4.39 Å². The number of carbonyl (C=O) groups is 1. The van der Waals surface area contributed by atoms with Crippen LogP contribution in [0, 0.1) is 17.2 Å². The summed E-state index contributed by atoms with van der Waals surface area (Å²) in [5.74, 6) is -0.894. The molecule has 0 heterocycles. The van der Waals surface area contributed by atoms with E-state index < -0.39 is 11.9 Å². The third kappa shape index (κ3) is 3.13. The van der Waals surface area contributed by atoms with Crippen LogP contribution in [0.5, 0.6) is 0 Å². The zero-order valence-corrected chi connectivity index (χ0v) is 13.9. The Morgan fingerprint density at radius 1 is 1.22 bits per heavy atom. The van der Waals surface area contributed by atoms with Crippen molar-refractivity contribution in [3.8, 4) is 0 Å². The molecule has 2 nitrogen and oxygen atoms in total. The Morgan fingerprint density at radius 3 is 2.48 bits per heavy atom. The van der Waals surface area contributed by atoms with Gasteiger partial charge >= 0.3 is 5.97 Å². The Bertz CT molecular complexity index is 727. The van der Waals surface area contributed by atoms with Crippen molar-refractivity contribution in [2.45, 2.75) is 30.4 Å².